The summed E-state index contributed by atoms with van der Waals surface area (Å²) in [5.74, 6) is 14.7. The van der Waals surface area contributed by atoms with Crippen LogP contribution in [0.2, 0.25) is 0 Å². The van der Waals surface area contributed by atoms with E-state index in [1.54, 1.807) is 11.1 Å². The molecule has 0 spiro atoms. The molecular formula is C75H90. The van der Waals surface area contributed by atoms with Crippen molar-refractivity contribution in [3.8, 4) is 57.1 Å². The van der Waals surface area contributed by atoms with Gasteiger partial charge in [-0.2, -0.15) is 0 Å². The average molecular weight is 992 g/mol. The lowest BCUT2D eigenvalue weighted by molar-refractivity contribution is 0.398. The number of benzene rings is 6. The maximum absolute atomic E-state index is 3.69. The molecule has 3 aliphatic carbocycles. The molecule has 0 heteroatoms. The molecule has 6 aromatic carbocycles. The Bertz CT molecular complexity index is 2720. The van der Waals surface area contributed by atoms with Gasteiger partial charge in [0, 0.05) is 33.1 Å². The molecule has 0 aliphatic heterocycles. The first-order valence-electron chi connectivity index (χ1n) is 30.8. The maximum atomic E-state index is 3.69. The maximum Gasteiger partial charge on any atom is 0.0252 e. The van der Waals surface area contributed by atoms with Crippen molar-refractivity contribution in [2.75, 3.05) is 0 Å². The Morgan fingerprint density at radius 1 is 0.280 bits per heavy atom. The number of hydrogen-bond acceptors (Lipinski definition) is 0. The fourth-order valence-electron chi connectivity index (χ4n) is 13.9. The zero-order valence-corrected chi connectivity index (χ0v) is 47.1. The first-order chi connectivity index (χ1) is 37.0. The quantitative estimate of drug-likeness (QED) is 0.0339. The molecule has 0 saturated carbocycles. The third-order valence-electron chi connectivity index (χ3n) is 17.9. The van der Waals surface area contributed by atoms with Crippen molar-refractivity contribution in [1.82, 2.24) is 0 Å². The molecule has 0 radical (unpaired) electrons. The van der Waals surface area contributed by atoms with Gasteiger partial charge in [0.1, 0.15) is 0 Å². The predicted octanol–water partition coefficient (Wildman–Crippen LogP) is 21.6. The second kappa shape index (κ2) is 27.0. The smallest absolute Gasteiger partial charge is 0.0252 e. The van der Waals surface area contributed by atoms with Crippen LogP contribution in [0.3, 0.4) is 0 Å². The molecular weight excluding hydrogens is 901 g/mol. The van der Waals surface area contributed by atoms with Crippen molar-refractivity contribution in [3.05, 3.63) is 177 Å². The van der Waals surface area contributed by atoms with Gasteiger partial charge in [-0.3, -0.25) is 0 Å². The number of rotatable bonds is 28. The summed E-state index contributed by atoms with van der Waals surface area (Å²) >= 11 is 0. The summed E-state index contributed by atoms with van der Waals surface area (Å²) in [6.45, 7) is 9.28. The Morgan fingerprint density at radius 3 is 0.907 bits per heavy atom. The van der Waals surface area contributed by atoms with Gasteiger partial charge < -0.3 is 0 Å². The number of hydrogen-bond donors (Lipinski definition) is 0. The van der Waals surface area contributed by atoms with E-state index >= 15 is 0 Å². The number of unbranched alkanes of at least 4 members (excludes halogenated alkanes) is 20. The molecule has 0 aromatic heterocycles. The van der Waals surface area contributed by atoms with E-state index in [1.807, 2.05) is 0 Å². The van der Waals surface area contributed by atoms with E-state index < -0.39 is 0 Å². The Morgan fingerprint density at radius 2 is 0.560 bits per heavy atom. The van der Waals surface area contributed by atoms with Crippen LogP contribution in [0.15, 0.2) is 121 Å². The molecule has 6 aromatic rings. The van der Waals surface area contributed by atoms with E-state index in [0.717, 1.165) is 28.7 Å². The molecule has 390 valence electrons. The minimum absolute atomic E-state index is 0.0707. The van der Waals surface area contributed by atoms with Gasteiger partial charge in [0.15, 0.2) is 0 Å². The summed E-state index contributed by atoms with van der Waals surface area (Å²) in [6.07, 6.45) is 37.8. The summed E-state index contributed by atoms with van der Waals surface area (Å²) < 4.78 is 0. The van der Waals surface area contributed by atoms with Gasteiger partial charge in [-0.1, -0.05) is 278 Å². The molecule has 0 unspecified atom stereocenters. The monoisotopic (exact) mass is 991 g/mol. The van der Waals surface area contributed by atoms with Gasteiger partial charge in [0.05, 0.1) is 0 Å². The second-order valence-corrected chi connectivity index (χ2v) is 23.3. The third-order valence-corrected chi connectivity index (χ3v) is 17.9. The molecule has 0 heterocycles. The Balaban J connectivity index is 0.923. The lowest BCUT2D eigenvalue weighted by atomic mass is 9.70. The van der Waals surface area contributed by atoms with Crippen molar-refractivity contribution in [3.63, 3.8) is 0 Å². The average Bonchev–Trinajstić information content (AvgIpc) is 4.10. The highest BCUT2D eigenvalue weighted by Gasteiger charge is 2.43. The molecule has 9 rings (SSSR count). The van der Waals surface area contributed by atoms with E-state index in [1.165, 1.54) is 235 Å². The normalized spacial score (nSPS) is 13.7. The number of fused-ring (bicyclic) bond motifs is 9. The summed E-state index contributed by atoms with van der Waals surface area (Å²) in [4.78, 5) is 0. The van der Waals surface area contributed by atoms with Crippen molar-refractivity contribution >= 4 is 0 Å². The second-order valence-electron chi connectivity index (χ2n) is 23.3. The highest BCUT2D eigenvalue weighted by molar-refractivity contribution is 5.83. The van der Waals surface area contributed by atoms with Crippen LogP contribution in [-0.2, 0) is 17.3 Å². The van der Waals surface area contributed by atoms with Crippen molar-refractivity contribution in [1.29, 1.82) is 0 Å². The molecule has 0 saturated heterocycles. The third kappa shape index (κ3) is 12.7. The van der Waals surface area contributed by atoms with E-state index in [2.05, 4.69) is 173 Å². The minimum atomic E-state index is 0.0707. The van der Waals surface area contributed by atoms with Crippen LogP contribution in [-0.4, -0.2) is 0 Å². The predicted molar refractivity (Wildman–Crippen MR) is 324 cm³/mol. The summed E-state index contributed by atoms with van der Waals surface area (Å²) in [7, 11) is 0. The fourth-order valence-corrected chi connectivity index (χ4v) is 13.9. The lowest BCUT2D eigenvalue weighted by Crippen LogP contribution is -2.25. The van der Waals surface area contributed by atoms with Gasteiger partial charge >= 0.3 is 0 Å². The molecule has 0 N–H and O–H groups in total. The van der Waals surface area contributed by atoms with Gasteiger partial charge in [-0.15, -0.1) is 0 Å². The van der Waals surface area contributed by atoms with E-state index in [4.69, 9.17) is 0 Å². The van der Waals surface area contributed by atoms with Gasteiger partial charge in [-0.25, -0.2) is 0 Å². The van der Waals surface area contributed by atoms with Gasteiger partial charge in [0.25, 0.3) is 0 Å². The van der Waals surface area contributed by atoms with Gasteiger partial charge in [0.2, 0.25) is 0 Å². The van der Waals surface area contributed by atoms with Crippen LogP contribution in [0.25, 0.3) is 33.4 Å². The first-order valence-corrected chi connectivity index (χ1v) is 30.8. The Kier molecular flexibility index (Phi) is 19.5. The Labute approximate surface area is 456 Å². The molecule has 0 bridgehead atoms. The highest BCUT2D eigenvalue weighted by Crippen LogP contribution is 2.56. The first kappa shape index (κ1) is 54.2. The molecule has 0 fully saturated rings. The minimum Gasteiger partial charge on any atom is -0.0654 e. The highest BCUT2D eigenvalue weighted by atomic mass is 14.5. The van der Waals surface area contributed by atoms with E-state index in [0.29, 0.717) is 0 Å². The van der Waals surface area contributed by atoms with Crippen molar-refractivity contribution in [2.24, 2.45) is 0 Å². The fraction of sp³-hybridized carbons (Fsp3) is 0.467. The Hall–Kier alpha value is -5.56. The van der Waals surface area contributed by atoms with Crippen LogP contribution < -0.4 is 0 Å². The standard InChI is InChI=1S/C75H90/c1-5-9-13-17-21-29-49-74(50-30-22-18-14-10-6-2)70-35-27-25-33-66(70)68-47-43-60(55-72(68)74)39-37-58-41-45-64-62(53-58)57-63-54-59(42-46-65(63)64)38-40-61-44-48-69-67-34-26-28-36-71(67)75(73(69)56-61,51-31-23-19-15-11-7-3)52-32-24-20-16-12-8-4/h25-28,33-36,41-48,53-56H,5-24,29-32,49-52,57H2,1-4H3. The SMILES string of the molecule is CCCCCCCCC1(CCCCCCCC)c2ccccc2-c2ccc(C#Cc3ccc4c(c3)Cc3cc(C#Cc5ccc6c(c5)C(CCCCCCCC)(CCCCCCCC)c5ccccc5-6)ccc3-4)cc21. The van der Waals surface area contributed by atoms with E-state index in [9.17, 15) is 0 Å². The molecule has 75 heavy (non-hydrogen) atoms. The van der Waals surface area contributed by atoms with Crippen LogP contribution >= 0.6 is 0 Å². The van der Waals surface area contributed by atoms with Crippen LogP contribution in [0.5, 0.6) is 0 Å². The molecule has 0 nitrogen and oxygen atoms in total. The van der Waals surface area contributed by atoms with Crippen LogP contribution in [0, 0.1) is 23.7 Å². The summed E-state index contributed by atoms with van der Waals surface area (Å²) in [5.41, 5.74) is 22.0. The van der Waals surface area contributed by atoms with Gasteiger partial charge in [-0.05, 0) is 147 Å². The zero-order valence-electron chi connectivity index (χ0n) is 47.1. The summed E-state index contributed by atoms with van der Waals surface area (Å²) in [5, 5.41) is 0. The van der Waals surface area contributed by atoms with Crippen molar-refractivity contribution < 1.29 is 0 Å². The van der Waals surface area contributed by atoms with Crippen molar-refractivity contribution in [2.45, 2.75) is 225 Å². The van der Waals surface area contributed by atoms with Crippen LogP contribution in [0.1, 0.15) is 263 Å². The largest absolute Gasteiger partial charge is 0.0654 e. The summed E-state index contributed by atoms with van der Waals surface area (Å²) in [6, 6.07) is 46.9. The topological polar surface area (TPSA) is 0 Å². The van der Waals surface area contributed by atoms with Crippen LogP contribution in [0.4, 0.5) is 0 Å². The molecule has 3 aliphatic rings. The van der Waals surface area contributed by atoms with E-state index in [-0.39, 0.29) is 10.8 Å². The molecule has 0 amide bonds. The molecule has 0 atom stereocenters. The zero-order chi connectivity index (χ0) is 51.7. The lowest BCUT2D eigenvalue weighted by Gasteiger charge is -2.33.